The molecule has 3 aromatic rings. The van der Waals surface area contributed by atoms with Gasteiger partial charge in [-0.1, -0.05) is 48.5 Å². The number of carbonyl (C=O) groups is 2. The van der Waals surface area contributed by atoms with Crippen LogP contribution in [0, 0.1) is 6.92 Å². The summed E-state index contributed by atoms with van der Waals surface area (Å²) < 4.78 is 8.18. The van der Waals surface area contributed by atoms with Gasteiger partial charge in [0.05, 0.1) is 12.1 Å². The highest BCUT2D eigenvalue weighted by molar-refractivity contribution is 6.00. The number of likely N-dealkylation sites (tertiary alicyclic amines) is 1. The number of nitrogens with zero attached hydrogens (tertiary/aromatic N) is 2. The molecule has 0 spiro atoms. The Bertz CT molecular complexity index is 1150. The highest BCUT2D eigenvalue weighted by Crippen LogP contribution is 2.30. The number of carbonyl (C=O) groups excluding carboxylic acids is 2. The van der Waals surface area contributed by atoms with Crippen LogP contribution in [0.3, 0.4) is 0 Å². The highest BCUT2D eigenvalue weighted by Gasteiger charge is 2.43. The van der Waals surface area contributed by atoms with Crippen LogP contribution in [0.2, 0.25) is 0 Å². The molecule has 1 aromatic heterocycles. The second-order valence-corrected chi connectivity index (χ2v) is 9.00. The topological polar surface area (TPSA) is 63.6 Å². The van der Waals surface area contributed by atoms with Crippen molar-refractivity contribution in [2.24, 2.45) is 7.05 Å². The van der Waals surface area contributed by atoms with Gasteiger partial charge in [-0.05, 0) is 43.5 Å². The average molecular weight is 444 g/mol. The maximum atomic E-state index is 13.8. The monoisotopic (exact) mass is 443 g/mol. The van der Waals surface area contributed by atoms with Gasteiger partial charge in [0, 0.05) is 30.9 Å². The first-order valence-electron chi connectivity index (χ1n) is 11.6. The number of aromatic nitrogens is 1. The van der Waals surface area contributed by atoms with E-state index in [1.165, 1.54) is 0 Å². The molecule has 1 saturated heterocycles. The zero-order valence-electron chi connectivity index (χ0n) is 19.0. The van der Waals surface area contributed by atoms with E-state index in [4.69, 9.17) is 4.74 Å². The molecule has 1 aliphatic carbocycles. The minimum absolute atomic E-state index is 0.0816. The Morgan fingerprint density at radius 3 is 2.33 bits per heavy atom. The largest absolute Gasteiger partial charge is 0.488 e. The Balaban J connectivity index is 1.42. The summed E-state index contributed by atoms with van der Waals surface area (Å²) in [6.45, 7) is 2.33. The van der Waals surface area contributed by atoms with Crippen LogP contribution in [-0.4, -0.2) is 46.0 Å². The SMILES string of the molecule is Cc1c(C(=O)N2C[C@@H](Oc3ccccc3)C[C@H]2C(=O)NC2CC2)cc(-c2ccccc2)n1C. The Labute approximate surface area is 194 Å². The maximum absolute atomic E-state index is 13.8. The number of ether oxygens (including phenoxy) is 1. The van der Waals surface area contributed by atoms with E-state index in [9.17, 15) is 9.59 Å². The summed E-state index contributed by atoms with van der Waals surface area (Å²) in [6.07, 6.45) is 2.27. The van der Waals surface area contributed by atoms with Gasteiger partial charge in [0.2, 0.25) is 5.91 Å². The van der Waals surface area contributed by atoms with Crippen LogP contribution in [-0.2, 0) is 11.8 Å². The number of hydrogen-bond donors (Lipinski definition) is 1. The summed E-state index contributed by atoms with van der Waals surface area (Å²) in [5.74, 6) is 0.544. The highest BCUT2D eigenvalue weighted by atomic mass is 16.5. The van der Waals surface area contributed by atoms with Crippen LogP contribution in [0.15, 0.2) is 66.7 Å². The van der Waals surface area contributed by atoms with Gasteiger partial charge in [-0.25, -0.2) is 0 Å². The van der Waals surface area contributed by atoms with Crippen LogP contribution in [0.25, 0.3) is 11.3 Å². The molecule has 2 aliphatic rings. The lowest BCUT2D eigenvalue weighted by Crippen LogP contribution is -2.46. The van der Waals surface area contributed by atoms with E-state index < -0.39 is 6.04 Å². The van der Waals surface area contributed by atoms with Gasteiger partial charge < -0.3 is 19.5 Å². The van der Waals surface area contributed by atoms with E-state index in [-0.39, 0.29) is 24.0 Å². The van der Waals surface area contributed by atoms with Crippen molar-refractivity contribution in [1.82, 2.24) is 14.8 Å². The maximum Gasteiger partial charge on any atom is 0.256 e. The molecule has 1 saturated carbocycles. The number of rotatable bonds is 6. The second-order valence-electron chi connectivity index (χ2n) is 9.00. The molecule has 2 amide bonds. The van der Waals surface area contributed by atoms with Crippen molar-refractivity contribution in [3.8, 4) is 17.0 Å². The Kier molecular flexibility index (Phi) is 5.67. The first kappa shape index (κ1) is 21.3. The number of nitrogens with one attached hydrogen (secondary N) is 1. The van der Waals surface area contributed by atoms with Crippen molar-refractivity contribution in [2.45, 2.75) is 44.4 Å². The molecule has 2 heterocycles. The van der Waals surface area contributed by atoms with Gasteiger partial charge in [0.1, 0.15) is 17.9 Å². The van der Waals surface area contributed by atoms with E-state index in [0.717, 1.165) is 35.5 Å². The minimum Gasteiger partial charge on any atom is -0.488 e. The predicted molar refractivity (Wildman–Crippen MR) is 127 cm³/mol. The average Bonchev–Trinajstić information content (AvgIpc) is 3.47. The van der Waals surface area contributed by atoms with Crippen molar-refractivity contribution in [1.29, 1.82) is 0 Å². The molecular weight excluding hydrogens is 414 g/mol. The molecule has 2 atom stereocenters. The molecular formula is C27H29N3O3. The molecule has 1 N–H and O–H groups in total. The van der Waals surface area contributed by atoms with Crippen LogP contribution < -0.4 is 10.1 Å². The Hall–Kier alpha value is -3.54. The van der Waals surface area contributed by atoms with E-state index in [1.54, 1.807) is 4.90 Å². The molecule has 33 heavy (non-hydrogen) atoms. The minimum atomic E-state index is -0.536. The third kappa shape index (κ3) is 4.38. The summed E-state index contributed by atoms with van der Waals surface area (Å²) in [5.41, 5.74) is 3.54. The number of hydrogen-bond acceptors (Lipinski definition) is 3. The summed E-state index contributed by atoms with van der Waals surface area (Å²) in [5, 5.41) is 3.08. The predicted octanol–water partition coefficient (Wildman–Crippen LogP) is 3.94. The Morgan fingerprint density at radius 1 is 1.00 bits per heavy atom. The molecule has 0 bridgehead atoms. The van der Waals surface area contributed by atoms with E-state index in [0.29, 0.717) is 18.5 Å². The lowest BCUT2D eigenvalue weighted by Gasteiger charge is -2.23. The lowest BCUT2D eigenvalue weighted by molar-refractivity contribution is -0.125. The van der Waals surface area contributed by atoms with Crippen molar-refractivity contribution in [3.05, 3.63) is 78.0 Å². The van der Waals surface area contributed by atoms with Crippen LogP contribution in [0.5, 0.6) is 5.75 Å². The molecule has 2 aromatic carbocycles. The molecule has 6 nitrogen and oxygen atoms in total. The summed E-state index contributed by atoms with van der Waals surface area (Å²) in [4.78, 5) is 28.5. The summed E-state index contributed by atoms with van der Waals surface area (Å²) in [6, 6.07) is 21.3. The van der Waals surface area contributed by atoms with E-state index in [1.807, 2.05) is 85.3 Å². The molecule has 1 aliphatic heterocycles. The third-order valence-corrected chi connectivity index (χ3v) is 6.63. The summed E-state index contributed by atoms with van der Waals surface area (Å²) >= 11 is 0. The fourth-order valence-electron chi connectivity index (χ4n) is 4.53. The van der Waals surface area contributed by atoms with Gasteiger partial charge in [-0.2, -0.15) is 0 Å². The van der Waals surface area contributed by atoms with Gasteiger partial charge in [0.15, 0.2) is 0 Å². The first-order chi connectivity index (χ1) is 16.0. The van der Waals surface area contributed by atoms with Gasteiger partial charge in [-0.3, -0.25) is 9.59 Å². The standard InChI is InChI=1S/C27H29N3O3/c1-18-23(16-24(29(18)2)19-9-5-3-6-10-19)27(32)30-17-22(33-21-11-7-4-8-12-21)15-25(30)26(31)28-20-13-14-20/h3-12,16,20,22,25H,13-15,17H2,1-2H3,(H,28,31)/t22-,25-/m0/s1. The van der Waals surface area contributed by atoms with Crippen LogP contribution >= 0.6 is 0 Å². The van der Waals surface area contributed by atoms with Gasteiger partial charge >= 0.3 is 0 Å². The number of amides is 2. The van der Waals surface area contributed by atoms with Crippen molar-refractivity contribution in [3.63, 3.8) is 0 Å². The Morgan fingerprint density at radius 2 is 1.67 bits per heavy atom. The van der Waals surface area contributed by atoms with Crippen molar-refractivity contribution in [2.75, 3.05) is 6.54 Å². The molecule has 0 unspecified atom stereocenters. The van der Waals surface area contributed by atoms with Crippen LogP contribution in [0.1, 0.15) is 35.3 Å². The second kappa shape index (κ2) is 8.77. The summed E-state index contributed by atoms with van der Waals surface area (Å²) in [7, 11) is 1.97. The number of para-hydroxylation sites is 1. The lowest BCUT2D eigenvalue weighted by atomic mass is 10.1. The molecule has 5 rings (SSSR count). The zero-order valence-corrected chi connectivity index (χ0v) is 19.0. The van der Waals surface area contributed by atoms with Gasteiger partial charge in [-0.15, -0.1) is 0 Å². The zero-order chi connectivity index (χ0) is 22.9. The van der Waals surface area contributed by atoms with Crippen molar-refractivity contribution >= 4 is 11.8 Å². The first-order valence-corrected chi connectivity index (χ1v) is 11.6. The van der Waals surface area contributed by atoms with E-state index in [2.05, 4.69) is 5.32 Å². The normalized spacial score (nSPS) is 20.0. The van der Waals surface area contributed by atoms with E-state index >= 15 is 0 Å². The van der Waals surface area contributed by atoms with Crippen LogP contribution in [0.4, 0.5) is 0 Å². The quantitative estimate of drug-likeness (QED) is 0.628. The fourth-order valence-corrected chi connectivity index (χ4v) is 4.53. The molecule has 0 radical (unpaired) electrons. The smallest absolute Gasteiger partial charge is 0.256 e. The molecule has 6 heteroatoms. The fraction of sp³-hybridized carbons (Fsp3) is 0.333. The number of benzene rings is 2. The van der Waals surface area contributed by atoms with Crippen molar-refractivity contribution < 1.29 is 14.3 Å². The third-order valence-electron chi connectivity index (χ3n) is 6.63. The van der Waals surface area contributed by atoms with Gasteiger partial charge in [0.25, 0.3) is 5.91 Å². The molecule has 170 valence electrons. The molecule has 2 fully saturated rings.